The predicted molar refractivity (Wildman–Crippen MR) is 98.7 cm³/mol. The van der Waals surface area contributed by atoms with Gasteiger partial charge in [0.2, 0.25) is 0 Å². The number of halogens is 1. The molecular formula is C19H16BrN3O. The molecule has 1 amide bonds. The molecule has 1 aromatic heterocycles. The zero-order valence-corrected chi connectivity index (χ0v) is 14.6. The molecule has 3 aromatic rings. The second-order valence-electron chi connectivity index (χ2n) is 5.32. The van der Waals surface area contributed by atoms with Crippen LogP contribution in [0.25, 0.3) is 11.0 Å². The lowest BCUT2D eigenvalue weighted by molar-refractivity contribution is 0.0954. The Hall–Kier alpha value is -2.58. The summed E-state index contributed by atoms with van der Waals surface area (Å²) in [6.45, 7) is 0.967. The average molecular weight is 382 g/mol. The van der Waals surface area contributed by atoms with Crippen molar-refractivity contribution in [1.29, 1.82) is 0 Å². The highest BCUT2D eigenvalue weighted by Crippen LogP contribution is 2.16. The van der Waals surface area contributed by atoms with Crippen molar-refractivity contribution >= 4 is 32.9 Å². The molecule has 0 atom stereocenters. The Labute approximate surface area is 149 Å². The largest absolute Gasteiger partial charge is 0.352 e. The van der Waals surface area contributed by atoms with Gasteiger partial charge in [0, 0.05) is 23.0 Å². The van der Waals surface area contributed by atoms with Crippen molar-refractivity contribution in [3.8, 4) is 12.3 Å². The van der Waals surface area contributed by atoms with Crippen LogP contribution in [0, 0.1) is 12.3 Å². The normalized spacial score (nSPS) is 10.5. The Balaban J connectivity index is 1.71. The van der Waals surface area contributed by atoms with E-state index < -0.39 is 0 Å². The first-order valence-corrected chi connectivity index (χ1v) is 8.39. The molecule has 0 aliphatic heterocycles. The van der Waals surface area contributed by atoms with E-state index in [0.717, 1.165) is 21.3 Å². The van der Waals surface area contributed by atoms with Crippen LogP contribution in [-0.2, 0) is 13.0 Å². The molecular weight excluding hydrogens is 366 g/mol. The van der Waals surface area contributed by atoms with E-state index in [1.165, 1.54) is 0 Å². The fraction of sp³-hybridized carbons (Fsp3) is 0.158. The minimum absolute atomic E-state index is 0.101. The molecule has 4 nitrogen and oxygen atoms in total. The maximum Gasteiger partial charge on any atom is 0.251 e. The number of carbonyl (C=O) groups is 1. The Kier molecular flexibility index (Phi) is 4.97. The van der Waals surface area contributed by atoms with Crippen LogP contribution in [-0.4, -0.2) is 22.0 Å². The summed E-state index contributed by atoms with van der Waals surface area (Å²) < 4.78 is 2.90. The lowest BCUT2D eigenvalue weighted by Gasteiger charge is -2.07. The molecule has 0 saturated heterocycles. The quantitative estimate of drug-likeness (QED) is 0.688. The van der Waals surface area contributed by atoms with E-state index in [-0.39, 0.29) is 5.91 Å². The number of nitrogens with zero attached hydrogens (tertiary/aromatic N) is 2. The Morgan fingerprint density at radius 3 is 2.88 bits per heavy atom. The van der Waals surface area contributed by atoms with Crippen LogP contribution in [0.3, 0.4) is 0 Å². The number of terminal acetylenes is 1. The van der Waals surface area contributed by atoms with E-state index in [0.29, 0.717) is 25.1 Å². The summed E-state index contributed by atoms with van der Waals surface area (Å²) in [5, 5.41) is 2.92. The molecule has 0 unspecified atom stereocenters. The number of fused-ring (bicyclic) bond motifs is 1. The van der Waals surface area contributed by atoms with Gasteiger partial charge in [0.25, 0.3) is 5.91 Å². The molecule has 0 bridgehead atoms. The first-order valence-electron chi connectivity index (χ1n) is 7.60. The number of para-hydroxylation sites is 2. The number of nitrogens with one attached hydrogen (secondary N) is 1. The summed E-state index contributed by atoms with van der Waals surface area (Å²) in [5.74, 6) is 3.44. The standard InChI is InChI=1S/C19H16BrN3O/c1-2-12-23-17-9-4-3-8-16(17)22-18(23)10-11-21-19(24)14-6-5-7-15(20)13-14/h1,3-9,13H,10-12H2,(H,21,24). The summed E-state index contributed by atoms with van der Waals surface area (Å²) >= 11 is 3.37. The highest BCUT2D eigenvalue weighted by molar-refractivity contribution is 9.10. The van der Waals surface area contributed by atoms with Gasteiger partial charge >= 0.3 is 0 Å². The van der Waals surface area contributed by atoms with Crippen LogP contribution in [0.15, 0.2) is 53.0 Å². The summed E-state index contributed by atoms with van der Waals surface area (Å²) in [4.78, 5) is 16.8. The molecule has 120 valence electrons. The molecule has 0 aliphatic rings. The van der Waals surface area contributed by atoms with Crippen LogP contribution in [0.2, 0.25) is 0 Å². The second kappa shape index (κ2) is 7.33. The van der Waals surface area contributed by atoms with Crippen LogP contribution >= 0.6 is 15.9 Å². The van der Waals surface area contributed by atoms with Gasteiger partial charge in [-0.15, -0.1) is 6.42 Å². The number of hydrogen-bond acceptors (Lipinski definition) is 2. The first-order chi connectivity index (χ1) is 11.7. The highest BCUT2D eigenvalue weighted by atomic mass is 79.9. The van der Waals surface area contributed by atoms with Gasteiger partial charge in [-0.05, 0) is 30.3 Å². The van der Waals surface area contributed by atoms with Crippen molar-refractivity contribution in [2.75, 3.05) is 6.54 Å². The molecule has 0 aliphatic carbocycles. The van der Waals surface area contributed by atoms with E-state index in [2.05, 4.69) is 32.2 Å². The van der Waals surface area contributed by atoms with Crippen LogP contribution in [0.1, 0.15) is 16.2 Å². The summed E-state index contributed by atoms with van der Waals surface area (Å²) in [6.07, 6.45) is 6.10. The maximum atomic E-state index is 12.2. The van der Waals surface area contributed by atoms with Crippen LogP contribution in [0.5, 0.6) is 0 Å². The topological polar surface area (TPSA) is 46.9 Å². The summed E-state index contributed by atoms with van der Waals surface area (Å²) in [7, 11) is 0. The maximum absolute atomic E-state index is 12.2. The van der Waals surface area contributed by atoms with Crippen molar-refractivity contribution in [2.24, 2.45) is 0 Å². The molecule has 24 heavy (non-hydrogen) atoms. The zero-order valence-electron chi connectivity index (χ0n) is 13.0. The molecule has 2 aromatic carbocycles. The van der Waals surface area contributed by atoms with E-state index in [1.54, 1.807) is 12.1 Å². The van der Waals surface area contributed by atoms with Crippen LogP contribution in [0.4, 0.5) is 0 Å². The van der Waals surface area contributed by atoms with E-state index in [1.807, 2.05) is 41.0 Å². The number of benzene rings is 2. The first kappa shape index (κ1) is 16.3. The number of aromatic nitrogens is 2. The van der Waals surface area contributed by atoms with E-state index in [4.69, 9.17) is 6.42 Å². The average Bonchev–Trinajstić information content (AvgIpc) is 2.93. The van der Waals surface area contributed by atoms with Crippen molar-refractivity contribution in [2.45, 2.75) is 13.0 Å². The third kappa shape index (κ3) is 3.50. The van der Waals surface area contributed by atoms with Gasteiger partial charge in [-0.2, -0.15) is 0 Å². The molecule has 1 heterocycles. The van der Waals surface area contributed by atoms with Crippen molar-refractivity contribution < 1.29 is 4.79 Å². The SMILES string of the molecule is C#CCn1c(CCNC(=O)c2cccc(Br)c2)nc2ccccc21. The third-order valence-electron chi connectivity index (χ3n) is 3.70. The Morgan fingerprint density at radius 2 is 2.08 bits per heavy atom. The van der Waals surface area contributed by atoms with Gasteiger partial charge in [0.15, 0.2) is 0 Å². The van der Waals surface area contributed by atoms with Gasteiger partial charge < -0.3 is 9.88 Å². The van der Waals surface area contributed by atoms with Gasteiger partial charge in [-0.1, -0.05) is 40.0 Å². The summed E-state index contributed by atoms with van der Waals surface area (Å²) in [5.41, 5.74) is 2.56. The van der Waals surface area contributed by atoms with Gasteiger partial charge in [0.05, 0.1) is 17.6 Å². The van der Waals surface area contributed by atoms with Crippen molar-refractivity contribution in [1.82, 2.24) is 14.9 Å². The van der Waals surface area contributed by atoms with E-state index in [9.17, 15) is 4.79 Å². The predicted octanol–water partition coefficient (Wildman–Crippen LogP) is 3.40. The van der Waals surface area contributed by atoms with E-state index >= 15 is 0 Å². The molecule has 1 N–H and O–H groups in total. The lowest BCUT2D eigenvalue weighted by Crippen LogP contribution is -2.26. The Bertz CT molecular complexity index is 924. The molecule has 3 rings (SSSR count). The molecule has 5 heteroatoms. The number of carbonyl (C=O) groups excluding carboxylic acids is 1. The zero-order chi connectivity index (χ0) is 16.9. The lowest BCUT2D eigenvalue weighted by atomic mass is 10.2. The number of amides is 1. The second-order valence-corrected chi connectivity index (χ2v) is 6.24. The van der Waals surface area contributed by atoms with Crippen molar-refractivity contribution in [3.05, 3.63) is 64.4 Å². The Morgan fingerprint density at radius 1 is 1.25 bits per heavy atom. The van der Waals surface area contributed by atoms with Crippen molar-refractivity contribution in [3.63, 3.8) is 0 Å². The monoisotopic (exact) mass is 381 g/mol. The highest BCUT2D eigenvalue weighted by Gasteiger charge is 2.10. The van der Waals surface area contributed by atoms with Crippen LogP contribution < -0.4 is 5.32 Å². The number of imidazole rings is 1. The smallest absolute Gasteiger partial charge is 0.251 e. The minimum atomic E-state index is -0.101. The number of rotatable bonds is 5. The molecule has 0 saturated carbocycles. The van der Waals surface area contributed by atoms with Gasteiger partial charge in [-0.3, -0.25) is 4.79 Å². The molecule has 0 spiro atoms. The fourth-order valence-corrected chi connectivity index (χ4v) is 3.00. The molecule has 0 fully saturated rings. The fourth-order valence-electron chi connectivity index (χ4n) is 2.60. The van der Waals surface area contributed by atoms with Gasteiger partial charge in [-0.25, -0.2) is 4.98 Å². The summed E-state index contributed by atoms with van der Waals surface area (Å²) in [6, 6.07) is 15.2. The van der Waals surface area contributed by atoms with Gasteiger partial charge in [0.1, 0.15) is 5.82 Å². The minimum Gasteiger partial charge on any atom is -0.352 e. The third-order valence-corrected chi connectivity index (χ3v) is 4.20. The molecule has 0 radical (unpaired) electrons. The number of hydrogen-bond donors (Lipinski definition) is 1.